The Morgan fingerprint density at radius 2 is 0.986 bits per heavy atom. The average Bonchev–Trinajstić information content (AvgIpc) is 4.05. The molecule has 4 aromatic rings. The lowest BCUT2D eigenvalue weighted by atomic mass is 9.81. The van der Waals surface area contributed by atoms with Gasteiger partial charge in [0.05, 0.1) is 60.3 Å². The molecule has 8 heterocycles. The molecular formula is C50H62N14O6. The molecule has 0 radical (unpaired) electrons. The topological polar surface area (TPSA) is 237 Å². The van der Waals surface area contributed by atoms with Crippen LogP contribution in [0.1, 0.15) is 60.8 Å². The fourth-order valence-corrected chi connectivity index (χ4v) is 10.4. The molecule has 2 unspecified atom stereocenters. The Labute approximate surface area is 407 Å². The Hall–Kier alpha value is -6.90. The van der Waals surface area contributed by atoms with Crippen LogP contribution in [0.25, 0.3) is 0 Å². The molecule has 70 heavy (non-hydrogen) atoms. The molecule has 4 saturated heterocycles. The Kier molecular flexibility index (Phi) is 15.0. The summed E-state index contributed by atoms with van der Waals surface area (Å²) in [6, 6.07) is 11.5. The van der Waals surface area contributed by atoms with Crippen LogP contribution < -0.4 is 30.7 Å². The molecule has 2 amide bonds. The first-order valence-electron chi connectivity index (χ1n) is 24.6. The predicted molar refractivity (Wildman–Crippen MR) is 260 cm³/mol. The number of aromatic amines is 2. The van der Waals surface area contributed by atoms with Gasteiger partial charge in [-0.15, -0.1) is 0 Å². The molecule has 20 nitrogen and oxygen atoms in total. The minimum absolute atomic E-state index is 0.0597. The lowest BCUT2D eigenvalue weighted by Gasteiger charge is -2.41. The fourth-order valence-electron chi connectivity index (χ4n) is 10.4. The van der Waals surface area contributed by atoms with Gasteiger partial charge >= 0.3 is 0 Å². The Morgan fingerprint density at radius 1 is 0.586 bits per heavy atom. The van der Waals surface area contributed by atoms with Crippen molar-refractivity contribution in [3.8, 4) is 12.1 Å². The lowest BCUT2D eigenvalue weighted by Crippen LogP contribution is -2.53. The van der Waals surface area contributed by atoms with E-state index in [9.17, 15) is 19.2 Å². The molecule has 6 fully saturated rings. The van der Waals surface area contributed by atoms with E-state index in [0.717, 1.165) is 114 Å². The van der Waals surface area contributed by atoms with Crippen molar-refractivity contribution >= 4 is 34.8 Å². The Balaban J connectivity index is 0.000000174. The Bertz CT molecular complexity index is 2470. The maximum Gasteiger partial charge on any atom is 0.269 e. The standard InChI is InChI=1S/2C25H31N7O3/c2*1-17-22(14-28-29-24(17)33)32-5-4-19(15-32)16-35-21-10-20(11-21)25(34)31-8-6-30(7-9-31)23-3-2-18(12-26)13-27-23/h2*2-3,13-14,19-21H,4-11,15-16H2,1H3,(H,29,33). The van der Waals surface area contributed by atoms with Crippen LogP contribution >= 0.6 is 0 Å². The maximum absolute atomic E-state index is 12.9. The quantitative estimate of drug-likeness (QED) is 0.208. The molecule has 2 N–H and O–H groups in total. The lowest BCUT2D eigenvalue weighted by molar-refractivity contribution is -0.146. The number of piperazine rings is 2. The first-order chi connectivity index (χ1) is 34.0. The van der Waals surface area contributed by atoms with Gasteiger partial charge in [-0.05, 0) is 76.6 Å². The van der Waals surface area contributed by atoms with Gasteiger partial charge in [-0.1, -0.05) is 0 Å². The second-order valence-corrected chi connectivity index (χ2v) is 19.5. The van der Waals surface area contributed by atoms with Crippen LogP contribution in [-0.2, 0) is 19.1 Å². The van der Waals surface area contributed by atoms with Crippen molar-refractivity contribution < 1.29 is 19.1 Å². The van der Waals surface area contributed by atoms with Crippen molar-refractivity contribution in [2.45, 2.75) is 64.6 Å². The number of nitrogens with zero attached hydrogens (tertiary/aromatic N) is 12. The number of carbonyl (C=O) groups excluding carboxylic acids is 2. The number of ether oxygens (including phenoxy) is 2. The van der Waals surface area contributed by atoms with Crippen LogP contribution in [0.5, 0.6) is 0 Å². The zero-order chi connectivity index (χ0) is 48.7. The number of anilines is 4. The number of H-pyrrole nitrogens is 2. The number of amides is 2. The van der Waals surface area contributed by atoms with Crippen LogP contribution in [-0.4, -0.2) is 156 Å². The van der Waals surface area contributed by atoms with E-state index in [1.54, 1.807) is 36.9 Å². The van der Waals surface area contributed by atoms with Crippen LogP contribution in [0.3, 0.4) is 0 Å². The first kappa shape index (κ1) is 48.1. The summed E-state index contributed by atoms with van der Waals surface area (Å²) >= 11 is 0. The summed E-state index contributed by atoms with van der Waals surface area (Å²) < 4.78 is 12.3. The number of carbonyl (C=O) groups is 2. The second-order valence-electron chi connectivity index (χ2n) is 19.5. The Morgan fingerprint density at radius 3 is 1.34 bits per heavy atom. The van der Waals surface area contributed by atoms with Gasteiger partial charge in [-0.2, -0.15) is 20.7 Å². The highest BCUT2D eigenvalue weighted by molar-refractivity contribution is 5.80. The number of nitrogens with one attached hydrogen (secondary N) is 2. The van der Waals surface area contributed by atoms with Gasteiger partial charge in [0.1, 0.15) is 23.8 Å². The third kappa shape index (κ3) is 11.1. The predicted octanol–water partition coefficient (Wildman–Crippen LogP) is 2.63. The van der Waals surface area contributed by atoms with Crippen molar-refractivity contribution in [3.05, 3.63) is 92.0 Å². The number of aromatic nitrogens is 6. The molecule has 0 bridgehead atoms. The highest BCUT2D eigenvalue weighted by Gasteiger charge is 2.40. The van der Waals surface area contributed by atoms with Crippen molar-refractivity contribution in [2.24, 2.45) is 23.7 Å². The van der Waals surface area contributed by atoms with Gasteiger partial charge in [0.15, 0.2) is 0 Å². The largest absolute Gasteiger partial charge is 0.378 e. The number of hydrogen-bond donors (Lipinski definition) is 2. The highest BCUT2D eigenvalue weighted by atomic mass is 16.5. The molecule has 4 aliphatic heterocycles. The van der Waals surface area contributed by atoms with Crippen LogP contribution in [0.2, 0.25) is 0 Å². The van der Waals surface area contributed by atoms with E-state index in [2.05, 4.69) is 62.1 Å². The van der Waals surface area contributed by atoms with Crippen LogP contribution in [0.15, 0.2) is 58.6 Å². The highest BCUT2D eigenvalue weighted by Crippen LogP contribution is 2.35. The molecule has 4 aromatic heterocycles. The number of nitriles is 2. The summed E-state index contributed by atoms with van der Waals surface area (Å²) in [5.74, 6) is 3.14. The van der Waals surface area contributed by atoms with Crippen LogP contribution in [0.4, 0.5) is 23.0 Å². The maximum atomic E-state index is 12.9. The average molecular weight is 955 g/mol. The van der Waals surface area contributed by atoms with Crippen molar-refractivity contribution in [1.82, 2.24) is 40.2 Å². The zero-order valence-corrected chi connectivity index (χ0v) is 40.0. The van der Waals surface area contributed by atoms with Gasteiger partial charge in [-0.3, -0.25) is 19.2 Å². The SMILES string of the molecule is Cc1c(N2CCC(COC3CC(C(=O)N4CCN(c5ccc(C#N)cn5)CC4)C3)C2)cn[nH]c1=O.Cc1c(N2CCC(COC3CC(C(=O)N4CCN(c5ccc(C#N)cn5)CC4)C3)C2)cn[nH]c1=O. The summed E-state index contributed by atoms with van der Waals surface area (Å²) in [7, 11) is 0. The molecule has 10 rings (SSSR count). The van der Waals surface area contributed by atoms with Gasteiger partial charge in [0.25, 0.3) is 11.1 Å². The first-order valence-corrected chi connectivity index (χ1v) is 24.6. The van der Waals surface area contributed by atoms with Gasteiger partial charge in [0.2, 0.25) is 11.8 Å². The van der Waals surface area contributed by atoms with Crippen molar-refractivity contribution in [2.75, 3.05) is 111 Å². The van der Waals surface area contributed by atoms with Crippen molar-refractivity contribution in [1.29, 1.82) is 10.5 Å². The third-order valence-electron chi connectivity index (χ3n) is 15.0. The van der Waals surface area contributed by atoms with E-state index in [4.69, 9.17) is 20.0 Å². The number of pyridine rings is 2. The molecule has 6 aliphatic rings. The monoisotopic (exact) mass is 954 g/mol. The second kappa shape index (κ2) is 21.8. The van der Waals surface area contributed by atoms with Crippen molar-refractivity contribution in [3.63, 3.8) is 0 Å². The van der Waals surface area contributed by atoms with Crippen LogP contribution in [0, 0.1) is 60.2 Å². The molecule has 0 spiro atoms. The van der Waals surface area contributed by atoms with Gasteiger partial charge < -0.3 is 38.9 Å². The molecule has 20 heteroatoms. The minimum atomic E-state index is -0.139. The molecule has 368 valence electrons. The van der Waals surface area contributed by atoms with E-state index >= 15 is 0 Å². The molecule has 2 saturated carbocycles. The van der Waals surface area contributed by atoms with E-state index in [1.165, 1.54) is 0 Å². The van der Waals surface area contributed by atoms with E-state index < -0.39 is 0 Å². The van der Waals surface area contributed by atoms with E-state index in [1.807, 2.05) is 35.8 Å². The van der Waals surface area contributed by atoms with E-state index in [0.29, 0.717) is 73.5 Å². The molecule has 2 aliphatic carbocycles. The summed E-state index contributed by atoms with van der Waals surface area (Å²) in [4.78, 5) is 70.9. The van der Waals surface area contributed by atoms with Gasteiger partial charge in [-0.25, -0.2) is 20.2 Å². The third-order valence-corrected chi connectivity index (χ3v) is 15.0. The number of hydrogen-bond acceptors (Lipinski definition) is 16. The zero-order valence-electron chi connectivity index (χ0n) is 40.0. The van der Waals surface area contributed by atoms with Gasteiger partial charge in [0, 0.05) is 126 Å². The fraction of sp³-hybridized carbons (Fsp3) is 0.560. The molecule has 0 aromatic carbocycles. The summed E-state index contributed by atoms with van der Waals surface area (Å²) in [5, 5.41) is 30.7. The molecular weight excluding hydrogens is 893 g/mol. The number of rotatable bonds is 12. The summed E-state index contributed by atoms with van der Waals surface area (Å²) in [6.45, 7) is 14.3. The summed E-state index contributed by atoms with van der Waals surface area (Å²) in [6.07, 6.45) is 12.2. The summed E-state index contributed by atoms with van der Waals surface area (Å²) in [5.41, 5.74) is 4.04. The molecule has 2 atom stereocenters. The normalized spacial score (nSPS) is 24.2. The smallest absolute Gasteiger partial charge is 0.269 e. The van der Waals surface area contributed by atoms with E-state index in [-0.39, 0.29) is 47.0 Å². The minimum Gasteiger partial charge on any atom is -0.378 e.